The van der Waals surface area contributed by atoms with E-state index < -0.39 is 0 Å². The normalized spacial score (nSPS) is 18.3. The molecule has 1 N–H and O–H groups in total. The van der Waals surface area contributed by atoms with E-state index in [9.17, 15) is 5.11 Å². The fraction of sp³-hybridized carbons (Fsp3) is 1.00. The fourth-order valence-electron chi connectivity index (χ4n) is 2.68. The molecule has 0 saturated heterocycles. The lowest BCUT2D eigenvalue weighted by molar-refractivity contribution is 0.160. The molecule has 0 spiro atoms. The van der Waals surface area contributed by atoms with Gasteiger partial charge in [-0.25, -0.2) is 0 Å². The third-order valence-electron chi connectivity index (χ3n) is 4.23. The van der Waals surface area contributed by atoms with E-state index in [0.717, 1.165) is 18.3 Å². The van der Waals surface area contributed by atoms with Crippen LogP contribution in [0.25, 0.3) is 0 Å². The Morgan fingerprint density at radius 1 is 0.722 bits per heavy atom. The molecule has 0 aliphatic carbocycles. The van der Waals surface area contributed by atoms with E-state index in [4.69, 9.17) is 0 Å². The quantitative estimate of drug-likeness (QED) is 0.523. The van der Waals surface area contributed by atoms with E-state index in [1.54, 1.807) is 0 Å². The first-order valence-electron chi connectivity index (χ1n) is 8.13. The van der Waals surface area contributed by atoms with Gasteiger partial charge in [-0.3, -0.25) is 0 Å². The Morgan fingerprint density at radius 3 is 1.61 bits per heavy atom. The lowest BCUT2D eigenvalue weighted by atomic mass is 9.91. The monoisotopic (exact) mass is 256 g/mol. The molecule has 0 heterocycles. The molecule has 1 nitrogen and oxygen atoms in total. The molecule has 4 atom stereocenters. The predicted octanol–water partition coefficient (Wildman–Crippen LogP) is 5.42. The molecular formula is C17H36O. The van der Waals surface area contributed by atoms with E-state index in [2.05, 4.69) is 27.7 Å². The van der Waals surface area contributed by atoms with Crippen molar-refractivity contribution in [1.82, 2.24) is 0 Å². The average molecular weight is 256 g/mol. The van der Waals surface area contributed by atoms with Gasteiger partial charge in [0.25, 0.3) is 0 Å². The van der Waals surface area contributed by atoms with Crippen molar-refractivity contribution in [2.75, 3.05) is 0 Å². The molecule has 0 bridgehead atoms. The second-order valence-electron chi connectivity index (χ2n) is 6.67. The number of hydrogen-bond donors (Lipinski definition) is 1. The summed E-state index contributed by atoms with van der Waals surface area (Å²) in [5.41, 5.74) is 0. The zero-order chi connectivity index (χ0) is 14.0. The standard InChI is InChI=1S/C17H36O/c1-6-14(2)9-7-10-15(3)11-8-12-16(4)13-17(5)18/h14-18H,6-13H2,1-5H3. The van der Waals surface area contributed by atoms with Gasteiger partial charge in [0.2, 0.25) is 0 Å². The van der Waals surface area contributed by atoms with Gasteiger partial charge in [0.05, 0.1) is 6.10 Å². The van der Waals surface area contributed by atoms with Crippen LogP contribution in [0, 0.1) is 17.8 Å². The first-order chi connectivity index (χ1) is 8.45. The molecule has 0 rings (SSSR count). The van der Waals surface area contributed by atoms with Gasteiger partial charge >= 0.3 is 0 Å². The lowest BCUT2D eigenvalue weighted by Gasteiger charge is -2.16. The van der Waals surface area contributed by atoms with Gasteiger partial charge < -0.3 is 5.11 Å². The largest absolute Gasteiger partial charge is 0.393 e. The first kappa shape index (κ1) is 18.0. The maximum Gasteiger partial charge on any atom is 0.0514 e. The summed E-state index contributed by atoms with van der Waals surface area (Å²) in [6.45, 7) is 11.2. The van der Waals surface area contributed by atoms with E-state index in [1.807, 2.05) is 6.92 Å². The Morgan fingerprint density at radius 2 is 1.17 bits per heavy atom. The van der Waals surface area contributed by atoms with Crippen molar-refractivity contribution in [3.63, 3.8) is 0 Å². The van der Waals surface area contributed by atoms with Gasteiger partial charge in [-0.05, 0) is 31.1 Å². The van der Waals surface area contributed by atoms with Gasteiger partial charge in [0, 0.05) is 0 Å². The molecule has 18 heavy (non-hydrogen) atoms. The minimum Gasteiger partial charge on any atom is -0.393 e. The second-order valence-corrected chi connectivity index (χ2v) is 6.67. The summed E-state index contributed by atoms with van der Waals surface area (Å²) in [7, 11) is 0. The minimum atomic E-state index is -0.132. The Hall–Kier alpha value is -0.0400. The van der Waals surface area contributed by atoms with Gasteiger partial charge in [-0.1, -0.05) is 72.6 Å². The van der Waals surface area contributed by atoms with E-state index in [-0.39, 0.29) is 6.10 Å². The van der Waals surface area contributed by atoms with Crippen molar-refractivity contribution in [3.05, 3.63) is 0 Å². The van der Waals surface area contributed by atoms with Crippen molar-refractivity contribution in [2.24, 2.45) is 17.8 Å². The summed E-state index contributed by atoms with van der Waals surface area (Å²) in [4.78, 5) is 0. The summed E-state index contributed by atoms with van der Waals surface area (Å²) in [5.74, 6) is 2.47. The van der Waals surface area contributed by atoms with Crippen molar-refractivity contribution in [2.45, 2.75) is 92.1 Å². The van der Waals surface area contributed by atoms with Crippen LogP contribution in [0.1, 0.15) is 86.0 Å². The third kappa shape index (κ3) is 11.1. The Bertz CT molecular complexity index is 176. The molecule has 0 radical (unpaired) electrons. The highest BCUT2D eigenvalue weighted by Crippen LogP contribution is 2.21. The highest BCUT2D eigenvalue weighted by molar-refractivity contribution is 4.61. The average Bonchev–Trinajstić information content (AvgIpc) is 2.27. The van der Waals surface area contributed by atoms with Crippen LogP contribution in [-0.4, -0.2) is 11.2 Å². The zero-order valence-corrected chi connectivity index (χ0v) is 13.4. The summed E-state index contributed by atoms with van der Waals surface area (Å²) in [5, 5.41) is 9.32. The molecule has 110 valence electrons. The van der Waals surface area contributed by atoms with Gasteiger partial charge in [0.15, 0.2) is 0 Å². The van der Waals surface area contributed by atoms with Crippen LogP contribution in [0.4, 0.5) is 0 Å². The fourth-order valence-corrected chi connectivity index (χ4v) is 2.68. The van der Waals surface area contributed by atoms with Crippen LogP contribution in [-0.2, 0) is 0 Å². The Kier molecular flexibility index (Phi) is 10.8. The molecule has 0 aliphatic rings. The Balaban J connectivity index is 3.44. The molecule has 0 aliphatic heterocycles. The number of hydrogen-bond acceptors (Lipinski definition) is 1. The SMILES string of the molecule is CCC(C)CCCC(C)CCCC(C)CC(C)O. The van der Waals surface area contributed by atoms with E-state index in [0.29, 0.717) is 5.92 Å². The molecule has 0 fully saturated rings. The molecule has 0 aromatic rings. The molecule has 0 amide bonds. The summed E-state index contributed by atoms with van der Waals surface area (Å²) in [6, 6.07) is 0. The molecule has 1 heteroatoms. The van der Waals surface area contributed by atoms with Crippen LogP contribution in [0.15, 0.2) is 0 Å². The topological polar surface area (TPSA) is 20.2 Å². The summed E-state index contributed by atoms with van der Waals surface area (Å²) >= 11 is 0. The smallest absolute Gasteiger partial charge is 0.0514 e. The maximum absolute atomic E-state index is 9.32. The molecular weight excluding hydrogens is 220 g/mol. The number of rotatable bonds is 11. The van der Waals surface area contributed by atoms with Crippen molar-refractivity contribution in [3.8, 4) is 0 Å². The van der Waals surface area contributed by atoms with Crippen molar-refractivity contribution < 1.29 is 5.11 Å². The van der Waals surface area contributed by atoms with Crippen LogP contribution >= 0.6 is 0 Å². The van der Waals surface area contributed by atoms with Gasteiger partial charge in [0.1, 0.15) is 0 Å². The van der Waals surface area contributed by atoms with Gasteiger partial charge in [-0.15, -0.1) is 0 Å². The van der Waals surface area contributed by atoms with E-state index >= 15 is 0 Å². The highest BCUT2D eigenvalue weighted by atomic mass is 16.3. The first-order valence-corrected chi connectivity index (χ1v) is 8.13. The predicted molar refractivity (Wildman–Crippen MR) is 81.8 cm³/mol. The van der Waals surface area contributed by atoms with Crippen molar-refractivity contribution >= 4 is 0 Å². The van der Waals surface area contributed by atoms with Gasteiger partial charge in [-0.2, -0.15) is 0 Å². The third-order valence-corrected chi connectivity index (χ3v) is 4.23. The van der Waals surface area contributed by atoms with Crippen LogP contribution in [0.3, 0.4) is 0 Å². The number of aliphatic hydroxyl groups excluding tert-OH is 1. The lowest BCUT2D eigenvalue weighted by Crippen LogP contribution is -2.07. The van der Waals surface area contributed by atoms with Crippen molar-refractivity contribution in [1.29, 1.82) is 0 Å². The highest BCUT2D eigenvalue weighted by Gasteiger charge is 2.08. The molecule has 0 aromatic heterocycles. The minimum absolute atomic E-state index is 0.132. The summed E-state index contributed by atoms with van der Waals surface area (Å²) < 4.78 is 0. The molecule has 0 saturated carbocycles. The Labute approximate surface area is 115 Å². The van der Waals surface area contributed by atoms with E-state index in [1.165, 1.54) is 44.9 Å². The van der Waals surface area contributed by atoms with Crippen LogP contribution in [0.5, 0.6) is 0 Å². The number of aliphatic hydroxyl groups is 1. The molecule has 0 aromatic carbocycles. The maximum atomic E-state index is 9.32. The zero-order valence-electron chi connectivity index (χ0n) is 13.4. The van der Waals surface area contributed by atoms with Crippen LogP contribution < -0.4 is 0 Å². The van der Waals surface area contributed by atoms with Crippen LogP contribution in [0.2, 0.25) is 0 Å². The second kappa shape index (κ2) is 10.8. The summed E-state index contributed by atoms with van der Waals surface area (Å²) in [6.07, 6.45) is 10.3. The molecule has 4 unspecified atom stereocenters.